The van der Waals surface area contributed by atoms with Crippen LogP contribution in [0, 0.1) is 29.5 Å². The zero-order valence-electron chi connectivity index (χ0n) is 20.3. The van der Waals surface area contributed by atoms with Gasteiger partial charge in [-0.15, -0.1) is 0 Å². The summed E-state index contributed by atoms with van der Waals surface area (Å²) in [5.74, 6) is 1.57. The van der Waals surface area contributed by atoms with E-state index in [-0.39, 0.29) is 30.1 Å². The Morgan fingerprint density at radius 1 is 1.26 bits per heavy atom. The van der Waals surface area contributed by atoms with Crippen LogP contribution in [0.3, 0.4) is 0 Å². The van der Waals surface area contributed by atoms with Crippen molar-refractivity contribution in [3.63, 3.8) is 0 Å². The van der Waals surface area contributed by atoms with Crippen LogP contribution >= 0.6 is 0 Å². The molecule has 2 saturated carbocycles. The summed E-state index contributed by atoms with van der Waals surface area (Å²) in [5.41, 5.74) is 5.83. The van der Waals surface area contributed by atoms with Crippen molar-refractivity contribution < 1.29 is 18.8 Å². The number of rotatable bonds is 5. The van der Waals surface area contributed by atoms with Gasteiger partial charge in [0.25, 0.3) is 0 Å². The van der Waals surface area contributed by atoms with Gasteiger partial charge in [-0.2, -0.15) is 5.48 Å². The predicted octanol–water partition coefficient (Wildman–Crippen LogP) is 5.36. The van der Waals surface area contributed by atoms with Gasteiger partial charge in [0.2, 0.25) is 0 Å². The molecule has 1 saturated heterocycles. The zero-order chi connectivity index (χ0) is 24.4. The van der Waals surface area contributed by atoms with Crippen molar-refractivity contribution in [2.24, 2.45) is 23.7 Å². The highest BCUT2D eigenvalue weighted by atomic mass is 19.1. The number of carbonyl (C=O) groups excluding carboxylic acids is 1. The van der Waals surface area contributed by atoms with Gasteiger partial charge in [-0.05, 0) is 87.1 Å². The van der Waals surface area contributed by atoms with E-state index in [4.69, 9.17) is 9.57 Å². The Morgan fingerprint density at radius 3 is 2.91 bits per heavy atom. The highest BCUT2D eigenvalue weighted by Gasteiger charge is 2.51. The first-order valence-corrected chi connectivity index (χ1v) is 12.8. The van der Waals surface area contributed by atoms with E-state index in [1.807, 2.05) is 25.1 Å². The summed E-state index contributed by atoms with van der Waals surface area (Å²) in [6.07, 6.45) is 10.1. The fourth-order valence-corrected chi connectivity index (χ4v) is 6.40. The highest BCUT2D eigenvalue weighted by Crippen LogP contribution is 2.50. The summed E-state index contributed by atoms with van der Waals surface area (Å²) >= 11 is 0. The number of hydrogen-bond acceptors (Lipinski definition) is 5. The first kappa shape index (κ1) is 23.9. The molecule has 1 amide bonds. The van der Waals surface area contributed by atoms with Crippen LogP contribution in [0.2, 0.25) is 0 Å². The van der Waals surface area contributed by atoms with Crippen molar-refractivity contribution in [3.8, 4) is 11.1 Å². The minimum atomic E-state index is -0.318. The molecule has 2 heterocycles. The van der Waals surface area contributed by atoms with Gasteiger partial charge < -0.3 is 10.1 Å². The maximum atomic E-state index is 13.6. The summed E-state index contributed by atoms with van der Waals surface area (Å²) < 4.78 is 18.7. The second kappa shape index (κ2) is 10.5. The lowest BCUT2D eigenvalue weighted by molar-refractivity contribution is -0.0451. The van der Waals surface area contributed by atoms with Crippen molar-refractivity contribution >= 4 is 12.2 Å². The molecule has 0 bridgehead atoms. The van der Waals surface area contributed by atoms with Gasteiger partial charge in [0.15, 0.2) is 0 Å². The molecule has 186 valence electrons. The topological polar surface area (TPSA) is 72.5 Å². The normalized spacial score (nSPS) is 32.1. The molecule has 7 atom stereocenters. The Balaban J connectivity index is 1.31. The maximum Gasteiger partial charge on any atom is 0.407 e. The molecule has 1 aromatic carbocycles. The van der Waals surface area contributed by atoms with Crippen LogP contribution < -0.4 is 10.8 Å². The third-order valence-electron chi connectivity index (χ3n) is 7.96. The Morgan fingerprint density at radius 2 is 2.14 bits per heavy atom. The van der Waals surface area contributed by atoms with Crippen LogP contribution in [0.5, 0.6) is 0 Å². The second-order valence-electron chi connectivity index (χ2n) is 10.1. The van der Waals surface area contributed by atoms with Crippen molar-refractivity contribution in [3.05, 3.63) is 60.2 Å². The Bertz CT molecular complexity index is 1060. The molecule has 3 fully saturated rings. The van der Waals surface area contributed by atoms with Gasteiger partial charge in [-0.1, -0.05) is 24.3 Å². The minimum absolute atomic E-state index is 0.153. The van der Waals surface area contributed by atoms with E-state index in [1.165, 1.54) is 12.1 Å². The number of hydroxylamine groups is 1. The number of halogens is 1. The molecular weight excluding hydrogens is 445 g/mol. The number of fused-ring (bicyclic) bond motifs is 2. The number of ether oxygens (including phenoxy) is 1. The van der Waals surface area contributed by atoms with Gasteiger partial charge in [0.05, 0.1) is 18.4 Å². The minimum Gasteiger partial charge on any atom is -0.450 e. The maximum absolute atomic E-state index is 13.6. The Kier molecular flexibility index (Phi) is 7.16. The molecule has 3 aliphatic rings. The largest absolute Gasteiger partial charge is 0.450 e. The van der Waals surface area contributed by atoms with Crippen molar-refractivity contribution in [1.29, 1.82) is 0 Å². The van der Waals surface area contributed by atoms with Crippen LogP contribution in [-0.2, 0) is 9.57 Å². The van der Waals surface area contributed by atoms with Crippen molar-refractivity contribution in [1.82, 2.24) is 15.8 Å². The van der Waals surface area contributed by atoms with Crippen LogP contribution in [0.15, 0.2) is 48.7 Å². The van der Waals surface area contributed by atoms with Gasteiger partial charge in [0.1, 0.15) is 5.82 Å². The van der Waals surface area contributed by atoms with Crippen molar-refractivity contribution in [2.45, 2.75) is 57.7 Å². The lowest BCUT2D eigenvalue weighted by Gasteiger charge is -2.47. The van der Waals surface area contributed by atoms with E-state index in [0.717, 1.165) is 42.5 Å². The molecule has 7 heteroatoms. The van der Waals surface area contributed by atoms with E-state index >= 15 is 0 Å². The van der Waals surface area contributed by atoms with Crippen LogP contribution in [-0.4, -0.2) is 35.9 Å². The monoisotopic (exact) mass is 479 g/mol. The molecular formula is C28H34FN3O3. The number of aromatic nitrogens is 1. The third-order valence-corrected chi connectivity index (χ3v) is 7.96. The number of nitrogens with one attached hydrogen (secondary N) is 2. The van der Waals surface area contributed by atoms with E-state index < -0.39 is 0 Å². The molecule has 0 spiro atoms. The fraction of sp³-hybridized carbons (Fsp3) is 0.500. The molecule has 0 radical (unpaired) electrons. The number of pyridine rings is 1. The van der Waals surface area contributed by atoms with Gasteiger partial charge in [-0.3, -0.25) is 9.82 Å². The summed E-state index contributed by atoms with van der Waals surface area (Å²) in [7, 11) is 0. The third kappa shape index (κ3) is 5.26. The summed E-state index contributed by atoms with van der Waals surface area (Å²) in [4.78, 5) is 22.6. The molecule has 6 nitrogen and oxygen atoms in total. The zero-order valence-corrected chi connectivity index (χ0v) is 20.3. The first-order valence-electron chi connectivity index (χ1n) is 12.8. The van der Waals surface area contributed by atoms with Crippen LogP contribution in [0.4, 0.5) is 9.18 Å². The van der Waals surface area contributed by atoms with Crippen molar-refractivity contribution in [2.75, 3.05) is 6.61 Å². The fourth-order valence-electron chi connectivity index (χ4n) is 6.40. The smallest absolute Gasteiger partial charge is 0.407 e. The quantitative estimate of drug-likeness (QED) is 0.604. The highest BCUT2D eigenvalue weighted by molar-refractivity contribution is 5.67. The average Bonchev–Trinajstić information content (AvgIpc) is 3.22. The number of benzene rings is 1. The summed E-state index contributed by atoms with van der Waals surface area (Å²) in [6, 6.07) is 11.0. The lowest BCUT2D eigenvalue weighted by atomic mass is 9.58. The standard InChI is InChI=1S/C28H34FN3O3/c1-3-34-28(33)31-23-10-11-24-20(14-23)15-26-27(17(2)32-35-26)25(24)12-9-22-8-7-19(16-30-22)18-5-4-6-21(29)13-18/h4-9,12-13,16-17,20,23-27,32H,3,10-11,14-15H2,1-2H3,(H,31,33)/b12-9+/t17-,20+,23-,24-,25+,26-,27+/m1/s1. The number of amides is 1. The first-order chi connectivity index (χ1) is 17.0. The molecule has 2 aliphatic carbocycles. The molecule has 35 heavy (non-hydrogen) atoms. The predicted molar refractivity (Wildman–Crippen MR) is 133 cm³/mol. The van der Waals surface area contributed by atoms with E-state index in [0.29, 0.717) is 30.3 Å². The molecule has 2 aromatic rings. The number of alkyl carbamates (subject to hydrolysis) is 1. The Labute approximate surface area is 206 Å². The molecule has 0 unspecified atom stereocenters. The number of carbonyl (C=O) groups is 1. The molecule has 1 aliphatic heterocycles. The second-order valence-corrected chi connectivity index (χ2v) is 10.1. The van der Waals surface area contributed by atoms with E-state index in [1.54, 1.807) is 12.3 Å². The molecule has 1 aromatic heterocycles. The number of nitrogens with zero attached hydrogens (tertiary/aromatic N) is 1. The molecule has 5 rings (SSSR count). The van der Waals surface area contributed by atoms with Crippen LogP contribution in [0.1, 0.15) is 45.2 Å². The van der Waals surface area contributed by atoms with E-state index in [2.05, 4.69) is 34.9 Å². The summed E-state index contributed by atoms with van der Waals surface area (Å²) in [6.45, 7) is 4.41. The van der Waals surface area contributed by atoms with E-state index in [9.17, 15) is 9.18 Å². The number of allylic oxidation sites excluding steroid dienone is 1. The van der Waals surface area contributed by atoms with Gasteiger partial charge in [-0.25, -0.2) is 9.18 Å². The Hall–Kier alpha value is -2.77. The van der Waals surface area contributed by atoms with Gasteiger partial charge in [0, 0.05) is 29.8 Å². The number of hydrogen-bond donors (Lipinski definition) is 2. The van der Waals surface area contributed by atoms with Gasteiger partial charge >= 0.3 is 6.09 Å². The molecule has 2 N–H and O–H groups in total. The lowest BCUT2D eigenvalue weighted by Crippen LogP contribution is -2.49. The SMILES string of the molecule is CCOC(=O)N[C@@H]1CC[C@@H]2[C@@H](C1)C[C@H]1ON[C@H](C)[C@H]1[C@H]2/C=C/c1ccc(-c2cccc(F)c2)cn1. The average molecular weight is 480 g/mol. The summed E-state index contributed by atoms with van der Waals surface area (Å²) in [5, 5.41) is 3.05. The van der Waals surface area contributed by atoms with Crippen LogP contribution in [0.25, 0.3) is 17.2 Å².